The van der Waals surface area contributed by atoms with E-state index in [1.54, 1.807) is 0 Å². The number of nitrogens with one attached hydrogen (secondary N) is 1. The lowest BCUT2D eigenvalue weighted by atomic mass is 9.77. The number of rotatable bonds is 3. The Hall–Kier alpha value is -1.06. The number of carboxylic acids is 1. The standard InChI is InChI=1S/C6H8NO3/c8-4-7-6(5(9)10)2-1-3-6/h1-3H2,(H,7,8)(H,9,10). The van der Waals surface area contributed by atoms with Crippen LogP contribution in [0, 0.1) is 0 Å². The monoisotopic (exact) mass is 142 g/mol. The lowest BCUT2D eigenvalue weighted by Crippen LogP contribution is -2.56. The van der Waals surface area contributed by atoms with Crippen LogP contribution in [-0.4, -0.2) is 23.0 Å². The summed E-state index contributed by atoms with van der Waals surface area (Å²) in [5.41, 5.74) is -0.984. The van der Waals surface area contributed by atoms with Crippen molar-refractivity contribution in [1.82, 2.24) is 5.32 Å². The van der Waals surface area contributed by atoms with Gasteiger partial charge in [-0.3, -0.25) is 4.79 Å². The molecule has 0 bridgehead atoms. The average molecular weight is 142 g/mol. The normalized spacial score (nSPS) is 20.8. The van der Waals surface area contributed by atoms with Gasteiger partial charge in [0.1, 0.15) is 5.54 Å². The van der Waals surface area contributed by atoms with Crippen LogP contribution in [0.25, 0.3) is 0 Å². The summed E-state index contributed by atoms with van der Waals surface area (Å²) in [7, 11) is 0. The van der Waals surface area contributed by atoms with E-state index in [2.05, 4.69) is 5.32 Å². The molecular formula is C6H8NO3. The van der Waals surface area contributed by atoms with E-state index in [1.807, 2.05) is 0 Å². The molecule has 0 aliphatic heterocycles. The largest absolute Gasteiger partial charge is 0.480 e. The Bertz CT molecular complexity index is 162. The van der Waals surface area contributed by atoms with E-state index in [-0.39, 0.29) is 0 Å². The molecule has 1 fully saturated rings. The van der Waals surface area contributed by atoms with E-state index in [9.17, 15) is 9.59 Å². The first-order valence-corrected chi connectivity index (χ1v) is 3.09. The van der Waals surface area contributed by atoms with E-state index in [4.69, 9.17) is 5.11 Å². The molecule has 55 valence electrons. The highest BCUT2D eigenvalue weighted by molar-refractivity contribution is 5.82. The first-order valence-electron chi connectivity index (χ1n) is 3.09. The Morgan fingerprint density at radius 1 is 1.60 bits per heavy atom. The number of hydrogen-bond donors (Lipinski definition) is 2. The summed E-state index contributed by atoms with van der Waals surface area (Å²) < 4.78 is 0. The first kappa shape index (κ1) is 7.05. The van der Waals surface area contributed by atoms with Gasteiger partial charge < -0.3 is 10.4 Å². The summed E-state index contributed by atoms with van der Waals surface area (Å²) in [4.78, 5) is 20.3. The predicted octanol–water partition coefficient (Wildman–Crippen LogP) is -0.350. The van der Waals surface area contributed by atoms with Crippen LogP contribution in [0.2, 0.25) is 0 Å². The fourth-order valence-corrected chi connectivity index (χ4v) is 1.02. The molecule has 0 heterocycles. The van der Waals surface area contributed by atoms with Crippen molar-refractivity contribution in [2.45, 2.75) is 24.8 Å². The quantitative estimate of drug-likeness (QED) is 0.529. The van der Waals surface area contributed by atoms with Crippen LogP contribution in [0.1, 0.15) is 19.3 Å². The van der Waals surface area contributed by atoms with Crippen LogP contribution in [0.4, 0.5) is 0 Å². The number of amides is 1. The zero-order chi connectivity index (χ0) is 7.61. The second-order valence-electron chi connectivity index (χ2n) is 2.47. The van der Waals surface area contributed by atoms with Crippen molar-refractivity contribution in [2.24, 2.45) is 0 Å². The second-order valence-corrected chi connectivity index (χ2v) is 2.47. The topological polar surface area (TPSA) is 66.4 Å². The highest BCUT2D eigenvalue weighted by Crippen LogP contribution is 2.31. The molecule has 10 heavy (non-hydrogen) atoms. The van der Waals surface area contributed by atoms with E-state index in [0.717, 1.165) is 6.42 Å². The molecule has 4 heteroatoms. The SMILES string of the molecule is O=[C]NC1(C(=O)O)CCC1. The van der Waals surface area contributed by atoms with Gasteiger partial charge in [0.15, 0.2) is 0 Å². The summed E-state index contributed by atoms with van der Waals surface area (Å²) in [5.74, 6) is -0.956. The van der Waals surface area contributed by atoms with Crippen molar-refractivity contribution in [3.05, 3.63) is 0 Å². The van der Waals surface area contributed by atoms with Gasteiger partial charge in [-0.25, -0.2) is 4.79 Å². The molecule has 1 saturated carbocycles. The minimum absolute atomic E-state index is 0.525. The van der Waals surface area contributed by atoms with E-state index in [0.29, 0.717) is 12.8 Å². The maximum Gasteiger partial charge on any atom is 0.329 e. The van der Waals surface area contributed by atoms with Crippen molar-refractivity contribution in [1.29, 1.82) is 0 Å². The molecule has 0 unspecified atom stereocenters. The molecule has 1 aliphatic carbocycles. The molecule has 4 nitrogen and oxygen atoms in total. The third kappa shape index (κ3) is 0.853. The molecule has 1 amide bonds. The lowest BCUT2D eigenvalue weighted by Gasteiger charge is -2.36. The molecule has 2 N–H and O–H groups in total. The van der Waals surface area contributed by atoms with Crippen molar-refractivity contribution in [3.63, 3.8) is 0 Å². The number of carbonyl (C=O) groups is 1. The van der Waals surface area contributed by atoms with Crippen LogP contribution in [-0.2, 0) is 9.59 Å². The fourth-order valence-electron chi connectivity index (χ4n) is 1.02. The predicted molar refractivity (Wildman–Crippen MR) is 33.0 cm³/mol. The van der Waals surface area contributed by atoms with Gasteiger partial charge >= 0.3 is 12.4 Å². The second kappa shape index (κ2) is 2.28. The van der Waals surface area contributed by atoms with Gasteiger partial charge in [0.05, 0.1) is 0 Å². The maximum atomic E-state index is 10.5. The molecule has 0 atom stereocenters. The third-order valence-corrected chi connectivity index (χ3v) is 1.91. The Morgan fingerprint density at radius 2 is 2.20 bits per heavy atom. The molecule has 1 aliphatic rings. The zero-order valence-corrected chi connectivity index (χ0v) is 5.39. The molecule has 0 aromatic rings. The molecule has 0 saturated heterocycles. The van der Waals surface area contributed by atoms with Gasteiger partial charge in [-0.1, -0.05) is 0 Å². The number of hydrogen-bond acceptors (Lipinski definition) is 2. The van der Waals surface area contributed by atoms with Crippen LogP contribution >= 0.6 is 0 Å². The highest BCUT2D eigenvalue weighted by Gasteiger charge is 2.44. The number of carbonyl (C=O) groups excluding carboxylic acids is 1. The summed E-state index contributed by atoms with van der Waals surface area (Å²) in [6.45, 7) is 0. The van der Waals surface area contributed by atoms with Gasteiger partial charge in [-0.05, 0) is 19.3 Å². The van der Waals surface area contributed by atoms with E-state index < -0.39 is 11.5 Å². The van der Waals surface area contributed by atoms with Crippen LogP contribution in [0.3, 0.4) is 0 Å². The third-order valence-electron chi connectivity index (χ3n) is 1.91. The fraction of sp³-hybridized carbons (Fsp3) is 0.667. The summed E-state index contributed by atoms with van der Waals surface area (Å²) in [6.07, 6.45) is 3.32. The van der Waals surface area contributed by atoms with Crippen LogP contribution in [0.5, 0.6) is 0 Å². The Balaban J connectivity index is 2.58. The molecule has 0 spiro atoms. The maximum absolute atomic E-state index is 10.5. The van der Waals surface area contributed by atoms with Gasteiger partial charge in [0, 0.05) is 0 Å². The molecular weight excluding hydrogens is 134 g/mol. The Morgan fingerprint density at radius 3 is 2.30 bits per heavy atom. The zero-order valence-electron chi connectivity index (χ0n) is 5.39. The average Bonchev–Trinajstić information content (AvgIpc) is 1.77. The van der Waals surface area contributed by atoms with Crippen LogP contribution in [0.15, 0.2) is 0 Å². The lowest BCUT2D eigenvalue weighted by molar-refractivity contribution is -0.147. The number of carboxylic acid groups (broad SMARTS) is 1. The van der Waals surface area contributed by atoms with Crippen LogP contribution < -0.4 is 5.32 Å². The minimum Gasteiger partial charge on any atom is -0.480 e. The van der Waals surface area contributed by atoms with Gasteiger partial charge in [0.2, 0.25) is 0 Å². The Labute approximate surface area is 58.2 Å². The highest BCUT2D eigenvalue weighted by atomic mass is 16.4. The molecule has 1 radical (unpaired) electrons. The minimum atomic E-state index is -0.984. The smallest absolute Gasteiger partial charge is 0.329 e. The summed E-state index contributed by atoms with van der Waals surface area (Å²) in [5, 5.41) is 10.8. The van der Waals surface area contributed by atoms with E-state index >= 15 is 0 Å². The number of aliphatic carboxylic acids is 1. The molecule has 0 aromatic heterocycles. The van der Waals surface area contributed by atoms with Gasteiger partial charge in [0.25, 0.3) is 0 Å². The summed E-state index contributed by atoms with van der Waals surface area (Å²) in [6, 6.07) is 0. The summed E-state index contributed by atoms with van der Waals surface area (Å²) >= 11 is 0. The molecule has 0 aromatic carbocycles. The van der Waals surface area contributed by atoms with Crippen molar-refractivity contribution in [3.8, 4) is 0 Å². The first-order chi connectivity index (χ1) is 4.71. The van der Waals surface area contributed by atoms with Crippen molar-refractivity contribution >= 4 is 12.4 Å². The van der Waals surface area contributed by atoms with Crippen molar-refractivity contribution < 1.29 is 14.7 Å². The Kier molecular flexibility index (Phi) is 1.61. The van der Waals surface area contributed by atoms with Gasteiger partial charge in [-0.2, -0.15) is 0 Å². The van der Waals surface area contributed by atoms with Gasteiger partial charge in [-0.15, -0.1) is 0 Å². The van der Waals surface area contributed by atoms with E-state index in [1.165, 1.54) is 6.41 Å². The van der Waals surface area contributed by atoms with Crippen molar-refractivity contribution in [2.75, 3.05) is 0 Å². The molecule has 1 rings (SSSR count).